The average Bonchev–Trinajstić information content (AvgIpc) is 3.94. The van der Waals surface area contributed by atoms with Gasteiger partial charge in [0, 0.05) is 44.3 Å². The van der Waals surface area contributed by atoms with Gasteiger partial charge in [0.1, 0.15) is 40.1 Å². The summed E-state index contributed by atoms with van der Waals surface area (Å²) in [5, 5.41) is 17.4. The van der Waals surface area contributed by atoms with E-state index < -0.39 is 75.0 Å². The second-order valence-electron chi connectivity index (χ2n) is 20.7. The number of ether oxygens (including phenoxy) is 1. The maximum Gasteiger partial charge on any atom is 0.324 e. The number of aliphatic carboxylic acids is 1. The molecule has 4 heterocycles. The number of likely N-dealkylation sites (N-methyl/N-ethyl adjacent to an activating group) is 2. The number of halogens is 6. The van der Waals surface area contributed by atoms with E-state index in [1.165, 1.54) is 12.1 Å². The van der Waals surface area contributed by atoms with Crippen LogP contribution in [0.5, 0.6) is 0 Å². The van der Waals surface area contributed by atoms with Crippen LogP contribution >= 0.6 is 46.4 Å². The molecule has 2 amide bonds. The third-order valence-corrected chi connectivity index (χ3v) is 17.5. The van der Waals surface area contributed by atoms with E-state index in [0.717, 1.165) is 44.1 Å². The van der Waals surface area contributed by atoms with Crippen LogP contribution in [0, 0.1) is 11.6 Å². The Morgan fingerprint density at radius 1 is 0.657 bits per heavy atom. The zero-order valence-electron chi connectivity index (χ0n) is 39.9. The summed E-state index contributed by atoms with van der Waals surface area (Å²) in [6.45, 7) is 10.3. The molecule has 2 aliphatic carbocycles. The van der Waals surface area contributed by atoms with Crippen LogP contribution in [-0.4, -0.2) is 80.5 Å². The van der Waals surface area contributed by atoms with E-state index in [4.69, 9.17) is 51.1 Å². The third kappa shape index (κ3) is 7.34. The van der Waals surface area contributed by atoms with E-state index in [2.05, 4.69) is 15.5 Å². The fraction of sp³-hybridized carbons (Fsp3) is 0.481. The lowest BCUT2D eigenvalue weighted by molar-refractivity contribution is -0.162. The molecule has 10 rings (SSSR count). The standard InChI is InChI=1S/C29H33Cl2FN2O3.C25H25Cl2FN2O3/c1-5-34-24(25(35)37-27(2,3)4)22(18-10-9-11-20(31)23(18)32)29(28(34)14-7-6-8-15-28)19-13-12-17(30)16-21(19)33-26(29)36;1-2-30-21(22(31)32)19(15-7-6-8-17(27)20(15)28)25(24(30)11-4-3-5-12-24)16-10-9-14(26)13-18(16)29-23(25)33/h9-13,16,22,24H,5-8,14-15H2,1-4H3,(H,33,36);6-10,13,19,21H,2-5,11-12H2,1H3,(H,29,33)(H,31,32)/t22-,24+,29+;19-,21+,25+/m00/s1. The molecule has 0 radical (unpaired) electrons. The van der Waals surface area contributed by atoms with Crippen molar-refractivity contribution in [1.82, 2.24) is 9.80 Å². The van der Waals surface area contributed by atoms with Crippen molar-refractivity contribution >= 4 is 81.5 Å². The van der Waals surface area contributed by atoms with Crippen LogP contribution in [0.4, 0.5) is 20.2 Å². The Morgan fingerprint density at radius 2 is 1.06 bits per heavy atom. The summed E-state index contributed by atoms with van der Waals surface area (Å²) in [5.41, 5.74) is -1.77. The van der Waals surface area contributed by atoms with Gasteiger partial charge in [0.15, 0.2) is 0 Å². The maximum absolute atomic E-state index is 16.0. The minimum atomic E-state index is -1.29. The maximum atomic E-state index is 16.0. The SMILES string of the molecule is CCN1[C@@H](C(=O)O)[C@H](c2cccc(Cl)c2F)[C@]2(C(=O)Nc3cc(Cl)ccc32)C12CCCCC2.CCN1[C@@H](C(=O)OC(C)(C)C)[C@H](c2cccc(Cl)c2F)[C@]2(C(=O)Nc3cc(Cl)ccc32)C12CCCCC2. The number of carbonyl (C=O) groups excluding carboxylic acids is 3. The minimum Gasteiger partial charge on any atom is -0.480 e. The van der Waals surface area contributed by atoms with Gasteiger partial charge < -0.3 is 20.5 Å². The zero-order valence-corrected chi connectivity index (χ0v) is 42.9. The molecule has 0 aromatic heterocycles. The molecule has 372 valence electrons. The van der Waals surface area contributed by atoms with Crippen molar-refractivity contribution in [3.05, 3.63) is 127 Å². The highest BCUT2D eigenvalue weighted by Gasteiger charge is 2.77. The number of carboxylic acids is 1. The van der Waals surface area contributed by atoms with Crippen LogP contribution in [0.25, 0.3) is 0 Å². The summed E-state index contributed by atoms with van der Waals surface area (Å²) >= 11 is 25.1. The molecule has 16 heteroatoms. The monoisotopic (exact) mass is 1040 g/mol. The fourth-order valence-electron chi connectivity index (χ4n) is 14.4. The molecule has 4 fully saturated rings. The minimum absolute atomic E-state index is 0.0435. The van der Waals surface area contributed by atoms with Gasteiger partial charge in [-0.15, -0.1) is 0 Å². The van der Waals surface area contributed by atoms with Crippen molar-refractivity contribution in [1.29, 1.82) is 0 Å². The highest BCUT2D eigenvalue weighted by atomic mass is 35.5. The number of hydrogen-bond acceptors (Lipinski definition) is 7. The van der Waals surface area contributed by atoms with E-state index in [9.17, 15) is 24.3 Å². The Morgan fingerprint density at radius 3 is 1.44 bits per heavy atom. The first-order valence-corrected chi connectivity index (χ1v) is 25.9. The Bertz CT molecular complexity index is 2780. The smallest absolute Gasteiger partial charge is 0.324 e. The van der Waals surface area contributed by atoms with E-state index in [1.54, 1.807) is 54.6 Å². The van der Waals surface area contributed by atoms with Gasteiger partial charge in [0.05, 0.1) is 10.0 Å². The summed E-state index contributed by atoms with van der Waals surface area (Å²) in [6, 6.07) is 18.1. The number of nitrogens with zero attached hydrogens (tertiary/aromatic N) is 2. The second kappa shape index (κ2) is 18.6. The topological polar surface area (TPSA) is 128 Å². The van der Waals surface area contributed by atoms with Crippen molar-refractivity contribution < 1.29 is 37.8 Å². The van der Waals surface area contributed by atoms with Crippen molar-refractivity contribution in [3.63, 3.8) is 0 Å². The first kappa shape index (κ1) is 50.6. The zero-order chi connectivity index (χ0) is 50.3. The van der Waals surface area contributed by atoms with Gasteiger partial charge in [-0.25, -0.2) is 8.78 Å². The van der Waals surface area contributed by atoms with Gasteiger partial charge in [-0.1, -0.05) is 135 Å². The number of carboxylic acid groups (broad SMARTS) is 1. The number of esters is 1. The fourth-order valence-corrected chi connectivity index (χ4v) is 15.1. The van der Waals surface area contributed by atoms with Gasteiger partial charge >= 0.3 is 11.9 Å². The second-order valence-corrected chi connectivity index (χ2v) is 22.4. The molecule has 6 aliphatic rings. The van der Waals surface area contributed by atoms with E-state index >= 15 is 8.78 Å². The number of fused-ring (bicyclic) bond motifs is 6. The van der Waals surface area contributed by atoms with Crippen LogP contribution in [0.3, 0.4) is 0 Å². The normalized spacial score (nSPS) is 27.6. The quantitative estimate of drug-likeness (QED) is 0.163. The average molecular weight is 1040 g/mol. The van der Waals surface area contributed by atoms with Crippen LogP contribution in [0.1, 0.15) is 133 Å². The molecule has 3 N–H and O–H groups in total. The molecule has 2 saturated heterocycles. The molecule has 10 nitrogen and oxygen atoms in total. The van der Waals surface area contributed by atoms with Crippen LogP contribution < -0.4 is 10.6 Å². The summed E-state index contributed by atoms with van der Waals surface area (Å²) in [6.07, 6.45) is 8.30. The lowest BCUT2D eigenvalue weighted by Gasteiger charge is -2.50. The Balaban J connectivity index is 0.000000175. The van der Waals surface area contributed by atoms with Crippen LogP contribution in [-0.2, 0) is 34.7 Å². The number of anilines is 2. The summed E-state index contributed by atoms with van der Waals surface area (Å²) < 4.78 is 37.5. The molecular weight excluding hydrogens is 980 g/mol. The number of carbonyl (C=O) groups is 4. The Kier molecular flexibility index (Phi) is 13.5. The molecule has 4 aromatic rings. The van der Waals surface area contributed by atoms with E-state index in [1.807, 2.05) is 45.6 Å². The molecule has 70 heavy (non-hydrogen) atoms. The first-order valence-electron chi connectivity index (χ1n) is 24.4. The third-order valence-electron chi connectivity index (χ3n) is 16.4. The molecule has 4 aromatic carbocycles. The summed E-state index contributed by atoms with van der Waals surface area (Å²) in [5.74, 6) is -5.17. The molecule has 2 saturated carbocycles. The highest BCUT2D eigenvalue weighted by Crippen LogP contribution is 2.68. The number of rotatable bonds is 6. The lowest BCUT2D eigenvalue weighted by Crippen LogP contribution is -2.61. The Hall–Kier alpha value is -4.30. The number of amides is 2. The predicted molar refractivity (Wildman–Crippen MR) is 269 cm³/mol. The molecule has 4 aliphatic heterocycles. The number of likely N-dealkylation sites (tertiary alicyclic amines) is 2. The summed E-state index contributed by atoms with van der Waals surface area (Å²) in [4.78, 5) is 59.6. The van der Waals surface area contributed by atoms with Gasteiger partial charge in [-0.05, 0) is 118 Å². The van der Waals surface area contributed by atoms with Crippen molar-refractivity contribution in [2.24, 2.45) is 0 Å². The highest BCUT2D eigenvalue weighted by molar-refractivity contribution is 6.32. The molecular formula is C54H58Cl4F2N4O6. The lowest BCUT2D eigenvalue weighted by atomic mass is 9.55. The number of benzene rings is 4. The van der Waals surface area contributed by atoms with Crippen LogP contribution in [0.2, 0.25) is 20.1 Å². The predicted octanol–water partition coefficient (Wildman–Crippen LogP) is 12.5. The first-order chi connectivity index (χ1) is 33.3. The van der Waals surface area contributed by atoms with Gasteiger partial charge in [-0.3, -0.25) is 29.0 Å². The van der Waals surface area contributed by atoms with Crippen molar-refractivity contribution in [2.75, 3.05) is 23.7 Å². The largest absolute Gasteiger partial charge is 0.480 e. The van der Waals surface area contributed by atoms with Gasteiger partial charge in [0.25, 0.3) is 0 Å². The molecule has 0 bridgehead atoms. The van der Waals surface area contributed by atoms with E-state index in [-0.39, 0.29) is 33.0 Å². The van der Waals surface area contributed by atoms with Crippen molar-refractivity contribution in [2.45, 2.75) is 150 Å². The van der Waals surface area contributed by atoms with Crippen molar-refractivity contribution in [3.8, 4) is 0 Å². The molecule has 0 unspecified atom stereocenters. The van der Waals surface area contributed by atoms with Crippen LogP contribution in [0.15, 0.2) is 72.8 Å². The van der Waals surface area contributed by atoms with Gasteiger partial charge in [-0.2, -0.15) is 0 Å². The number of nitrogens with one attached hydrogen (secondary N) is 2. The van der Waals surface area contributed by atoms with E-state index in [0.29, 0.717) is 65.8 Å². The molecule has 4 spiro atoms. The molecule has 6 atom stereocenters. The Labute approximate surface area is 427 Å². The van der Waals surface area contributed by atoms with Gasteiger partial charge in [0.2, 0.25) is 11.8 Å². The number of hydrogen-bond donors (Lipinski definition) is 3. The summed E-state index contributed by atoms with van der Waals surface area (Å²) in [7, 11) is 0.